The average Bonchev–Trinajstić information content (AvgIpc) is 3.66. The molecule has 0 unspecified atom stereocenters. The number of fused-ring (bicyclic) bond motifs is 8. The second-order valence-electron chi connectivity index (χ2n) is 15.4. The van der Waals surface area contributed by atoms with E-state index in [0.29, 0.717) is 40.8 Å². The van der Waals surface area contributed by atoms with Gasteiger partial charge in [-0.3, -0.25) is 14.5 Å². The Hall–Kier alpha value is -5.75. The van der Waals surface area contributed by atoms with Gasteiger partial charge in [-0.1, -0.05) is 72.8 Å². The van der Waals surface area contributed by atoms with Crippen LogP contribution in [-0.2, 0) is 5.41 Å². The SMILES string of the molecule is c1ccc(-c2nc(-c3ccccn3)nc(-n3c4cc5c(cc4c4ccc6ccccc6c43)-c3ccccc3C53C4CC5CC(C4)CC3C5)n2)nc1. The lowest BCUT2D eigenvalue weighted by atomic mass is 9.43. The zero-order valence-corrected chi connectivity index (χ0v) is 28.1. The second kappa shape index (κ2) is 10.2. The number of aromatic nitrogens is 6. The molecule has 13 rings (SSSR count). The molecule has 8 aromatic rings. The maximum atomic E-state index is 5.24. The molecule has 244 valence electrons. The smallest absolute Gasteiger partial charge is 0.238 e. The van der Waals surface area contributed by atoms with Gasteiger partial charge in [0.2, 0.25) is 5.95 Å². The summed E-state index contributed by atoms with van der Waals surface area (Å²) in [6, 6.07) is 39.4. The van der Waals surface area contributed by atoms with E-state index < -0.39 is 0 Å². The minimum atomic E-state index is 0.0498. The maximum Gasteiger partial charge on any atom is 0.238 e. The van der Waals surface area contributed by atoms with Gasteiger partial charge in [-0.2, -0.15) is 9.97 Å². The summed E-state index contributed by atoms with van der Waals surface area (Å²) in [5.41, 5.74) is 9.64. The number of hydrogen-bond acceptors (Lipinski definition) is 5. The average molecular weight is 659 g/mol. The molecule has 6 nitrogen and oxygen atoms in total. The van der Waals surface area contributed by atoms with Crippen molar-refractivity contribution >= 4 is 32.6 Å². The summed E-state index contributed by atoms with van der Waals surface area (Å²) in [5, 5.41) is 4.79. The molecule has 0 saturated heterocycles. The fourth-order valence-corrected chi connectivity index (χ4v) is 11.3. The first-order chi connectivity index (χ1) is 25.2. The third-order valence-corrected chi connectivity index (χ3v) is 12.9. The van der Waals surface area contributed by atoms with Gasteiger partial charge in [0.1, 0.15) is 11.4 Å². The van der Waals surface area contributed by atoms with Gasteiger partial charge in [-0.05, 0) is 120 Å². The fourth-order valence-electron chi connectivity index (χ4n) is 11.3. The Morgan fingerprint density at radius 1 is 0.529 bits per heavy atom. The van der Waals surface area contributed by atoms with Gasteiger partial charge >= 0.3 is 0 Å². The first-order valence-electron chi connectivity index (χ1n) is 18.4. The Morgan fingerprint density at radius 2 is 1.20 bits per heavy atom. The van der Waals surface area contributed by atoms with Crippen LogP contribution in [0.4, 0.5) is 0 Å². The molecule has 6 heteroatoms. The van der Waals surface area contributed by atoms with Gasteiger partial charge in [0, 0.05) is 34.0 Å². The molecule has 4 saturated carbocycles. The number of benzene rings is 4. The molecule has 0 N–H and O–H groups in total. The lowest BCUT2D eigenvalue weighted by molar-refractivity contribution is -0.0399. The highest BCUT2D eigenvalue weighted by molar-refractivity contribution is 6.19. The third kappa shape index (κ3) is 3.74. The molecule has 4 aromatic carbocycles. The Balaban J connectivity index is 1.21. The molecule has 0 amide bonds. The molecule has 4 bridgehead atoms. The van der Waals surface area contributed by atoms with Crippen LogP contribution >= 0.6 is 0 Å². The Labute approximate surface area is 295 Å². The van der Waals surface area contributed by atoms with Crippen molar-refractivity contribution in [3.8, 4) is 40.1 Å². The van der Waals surface area contributed by atoms with Crippen LogP contribution in [0.15, 0.2) is 122 Å². The Kier molecular flexibility index (Phi) is 5.58. The van der Waals surface area contributed by atoms with Crippen molar-refractivity contribution in [2.45, 2.75) is 37.5 Å². The highest BCUT2D eigenvalue weighted by Gasteiger charge is 2.61. The van der Waals surface area contributed by atoms with E-state index in [1.54, 1.807) is 18.0 Å². The second-order valence-corrected chi connectivity index (χ2v) is 15.4. The predicted molar refractivity (Wildman–Crippen MR) is 201 cm³/mol. The van der Waals surface area contributed by atoms with Crippen molar-refractivity contribution in [3.63, 3.8) is 0 Å². The molecule has 51 heavy (non-hydrogen) atoms. The van der Waals surface area contributed by atoms with Crippen molar-refractivity contribution in [2.75, 3.05) is 0 Å². The number of rotatable bonds is 3. The zero-order chi connectivity index (χ0) is 33.3. The lowest BCUT2D eigenvalue weighted by Crippen LogP contribution is -2.55. The molecule has 4 fully saturated rings. The highest BCUT2D eigenvalue weighted by atomic mass is 15.2. The molecule has 0 aliphatic heterocycles. The van der Waals surface area contributed by atoms with Crippen molar-refractivity contribution in [1.29, 1.82) is 0 Å². The van der Waals surface area contributed by atoms with Crippen molar-refractivity contribution in [3.05, 3.63) is 133 Å². The third-order valence-electron chi connectivity index (χ3n) is 12.9. The summed E-state index contributed by atoms with van der Waals surface area (Å²) >= 11 is 0. The summed E-state index contributed by atoms with van der Waals surface area (Å²) in [7, 11) is 0. The Morgan fingerprint density at radius 3 is 1.90 bits per heavy atom. The first kappa shape index (κ1) is 28.0. The largest absolute Gasteiger partial charge is 0.277 e. The number of nitrogens with zero attached hydrogens (tertiary/aromatic N) is 6. The monoisotopic (exact) mass is 658 g/mol. The quantitative estimate of drug-likeness (QED) is 0.189. The van der Waals surface area contributed by atoms with Crippen molar-refractivity contribution < 1.29 is 0 Å². The van der Waals surface area contributed by atoms with Crippen LogP contribution in [0.25, 0.3) is 72.7 Å². The van der Waals surface area contributed by atoms with Gasteiger partial charge in [0.25, 0.3) is 0 Å². The zero-order valence-electron chi connectivity index (χ0n) is 28.1. The van der Waals surface area contributed by atoms with Gasteiger partial charge in [-0.15, -0.1) is 0 Å². The van der Waals surface area contributed by atoms with E-state index in [1.165, 1.54) is 70.3 Å². The van der Waals surface area contributed by atoms with Crippen LogP contribution in [0.3, 0.4) is 0 Å². The van der Waals surface area contributed by atoms with Crippen LogP contribution in [0.5, 0.6) is 0 Å². The van der Waals surface area contributed by atoms with E-state index >= 15 is 0 Å². The topological polar surface area (TPSA) is 69.4 Å². The molecule has 0 atom stereocenters. The van der Waals surface area contributed by atoms with Crippen molar-refractivity contribution in [1.82, 2.24) is 29.5 Å². The van der Waals surface area contributed by atoms with E-state index in [1.807, 2.05) is 36.4 Å². The first-order valence-corrected chi connectivity index (χ1v) is 18.4. The fraction of sp³-hybridized carbons (Fsp3) is 0.222. The summed E-state index contributed by atoms with van der Waals surface area (Å²) < 4.78 is 2.32. The standard InChI is InChI=1S/C45H34N6/c1-2-10-31-28(9-1)15-16-33-35-24-34-32-11-3-4-12-36(32)45(29-20-26-19-27(22-29)23-30(45)21-26)37(34)25-40(35)51(41(31)33)44-49-42(38-13-5-7-17-46-38)48-43(50-44)39-14-6-8-18-47-39/h1-18,24-27,29-30H,19-23H2. The molecule has 5 aliphatic rings. The van der Waals surface area contributed by atoms with Crippen LogP contribution in [-0.4, -0.2) is 29.5 Å². The van der Waals surface area contributed by atoms with Gasteiger partial charge in [0.15, 0.2) is 11.6 Å². The van der Waals surface area contributed by atoms with E-state index in [0.717, 1.165) is 22.9 Å². The van der Waals surface area contributed by atoms with Gasteiger partial charge in [-0.25, -0.2) is 4.98 Å². The molecule has 0 radical (unpaired) electrons. The normalized spacial score (nSPS) is 24.2. The minimum absolute atomic E-state index is 0.0498. The van der Waals surface area contributed by atoms with E-state index in [2.05, 4.69) is 87.3 Å². The van der Waals surface area contributed by atoms with Crippen LogP contribution in [0, 0.1) is 23.7 Å². The lowest BCUT2D eigenvalue weighted by Gasteiger charge is -2.61. The molecule has 1 spiro atoms. The molecule has 4 heterocycles. The molecule has 5 aliphatic carbocycles. The van der Waals surface area contributed by atoms with Gasteiger partial charge < -0.3 is 0 Å². The highest BCUT2D eigenvalue weighted by Crippen LogP contribution is 2.69. The van der Waals surface area contributed by atoms with Crippen LogP contribution in [0.1, 0.15) is 43.2 Å². The summed E-state index contributed by atoms with van der Waals surface area (Å²) in [5.74, 6) is 4.77. The van der Waals surface area contributed by atoms with E-state index in [-0.39, 0.29) is 5.41 Å². The molecular formula is C45H34N6. The van der Waals surface area contributed by atoms with E-state index in [4.69, 9.17) is 15.0 Å². The van der Waals surface area contributed by atoms with Crippen LogP contribution < -0.4 is 0 Å². The van der Waals surface area contributed by atoms with Crippen molar-refractivity contribution in [2.24, 2.45) is 23.7 Å². The summed E-state index contributed by atoms with van der Waals surface area (Å²) in [4.78, 5) is 24.8. The molecule has 4 aromatic heterocycles. The van der Waals surface area contributed by atoms with Gasteiger partial charge in [0.05, 0.1) is 11.0 Å². The van der Waals surface area contributed by atoms with Crippen LogP contribution in [0.2, 0.25) is 0 Å². The number of hydrogen-bond donors (Lipinski definition) is 0. The molecular weight excluding hydrogens is 625 g/mol. The minimum Gasteiger partial charge on any atom is -0.277 e. The maximum absolute atomic E-state index is 5.24. The summed E-state index contributed by atoms with van der Waals surface area (Å²) in [6.45, 7) is 0. The predicted octanol–water partition coefficient (Wildman–Crippen LogP) is 9.97. The Bertz CT molecular complexity index is 2630. The summed E-state index contributed by atoms with van der Waals surface area (Å²) in [6.07, 6.45) is 10.4. The van der Waals surface area contributed by atoms with E-state index in [9.17, 15) is 0 Å². The number of pyridine rings is 2.